The maximum absolute atomic E-state index is 11.0. The summed E-state index contributed by atoms with van der Waals surface area (Å²) in [4.78, 5) is 15.3. The highest BCUT2D eigenvalue weighted by Gasteiger charge is 2.51. The van der Waals surface area contributed by atoms with Gasteiger partial charge in [-0.3, -0.25) is 15.1 Å². The van der Waals surface area contributed by atoms with Crippen LogP contribution in [0.2, 0.25) is 0 Å². The molecule has 0 amide bonds. The van der Waals surface area contributed by atoms with Crippen LogP contribution in [0.4, 0.5) is 5.69 Å². The Morgan fingerprint density at radius 2 is 1.46 bits per heavy atom. The van der Waals surface area contributed by atoms with Gasteiger partial charge in [0.1, 0.15) is 11.6 Å². The number of fused-ring (bicyclic) bond motifs is 5. The highest BCUT2D eigenvalue weighted by molar-refractivity contribution is 5.84. The molecule has 126 valence electrons. The Bertz CT molecular complexity index is 1010. The minimum atomic E-state index is -0.483. The standard InChI is InChI=1S/C21H15N3O2/c25-24(26)15-11-9-14(10-12-15)20-21(23-13-22-20)18-7-3-1-5-16(18)17-6-2-4-8-19(17)21/h1-13,20H,(H,22,23)/t20-/m0/s1. The van der Waals surface area contributed by atoms with Gasteiger partial charge in [0.2, 0.25) is 0 Å². The Morgan fingerprint density at radius 1 is 0.885 bits per heavy atom. The molecule has 0 unspecified atom stereocenters. The van der Waals surface area contributed by atoms with E-state index in [1.165, 1.54) is 22.3 Å². The second kappa shape index (κ2) is 5.26. The van der Waals surface area contributed by atoms with E-state index < -0.39 is 5.54 Å². The first-order valence-corrected chi connectivity index (χ1v) is 8.45. The van der Waals surface area contributed by atoms with E-state index in [4.69, 9.17) is 4.99 Å². The Kier molecular flexibility index (Phi) is 3.00. The molecule has 1 heterocycles. The van der Waals surface area contributed by atoms with Crippen LogP contribution in [0.15, 0.2) is 77.8 Å². The van der Waals surface area contributed by atoms with Crippen LogP contribution in [0, 0.1) is 10.1 Å². The number of nitrogens with zero attached hydrogens (tertiary/aromatic N) is 2. The van der Waals surface area contributed by atoms with E-state index in [2.05, 4.69) is 29.6 Å². The van der Waals surface area contributed by atoms with Crippen LogP contribution in [-0.4, -0.2) is 11.3 Å². The van der Waals surface area contributed by atoms with Crippen LogP contribution >= 0.6 is 0 Å². The van der Waals surface area contributed by atoms with Gasteiger partial charge in [0.25, 0.3) is 5.69 Å². The van der Waals surface area contributed by atoms with Gasteiger partial charge in [-0.2, -0.15) is 0 Å². The fraction of sp³-hybridized carbons (Fsp3) is 0.0952. The first-order chi connectivity index (χ1) is 12.7. The Hall–Kier alpha value is -3.47. The van der Waals surface area contributed by atoms with Crippen LogP contribution in [-0.2, 0) is 5.54 Å². The number of aliphatic imine (C=N–C) groups is 1. The lowest BCUT2D eigenvalue weighted by atomic mass is 9.78. The molecule has 1 N–H and O–H groups in total. The van der Waals surface area contributed by atoms with Crippen molar-refractivity contribution in [1.29, 1.82) is 0 Å². The fourth-order valence-corrected chi connectivity index (χ4v) is 4.24. The quantitative estimate of drug-likeness (QED) is 0.561. The van der Waals surface area contributed by atoms with Gasteiger partial charge in [0.15, 0.2) is 0 Å². The van der Waals surface area contributed by atoms with Gasteiger partial charge in [-0.25, -0.2) is 0 Å². The molecule has 5 nitrogen and oxygen atoms in total. The predicted molar refractivity (Wildman–Crippen MR) is 100 cm³/mol. The lowest BCUT2D eigenvalue weighted by Gasteiger charge is -2.33. The van der Waals surface area contributed by atoms with Gasteiger partial charge in [-0.1, -0.05) is 48.5 Å². The average Bonchev–Trinajstić information content (AvgIpc) is 3.25. The summed E-state index contributed by atoms with van der Waals surface area (Å²) in [6.45, 7) is 0. The third-order valence-corrected chi connectivity index (χ3v) is 5.34. The van der Waals surface area contributed by atoms with E-state index in [0.717, 1.165) is 5.56 Å². The largest absolute Gasteiger partial charge is 0.361 e. The average molecular weight is 341 g/mol. The van der Waals surface area contributed by atoms with E-state index >= 15 is 0 Å². The summed E-state index contributed by atoms with van der Waals surface area (Å²) in [7, 11) is 0. The molecular formula is C21H15N3O2. The molecule has 0 saturated heterocycles. The van der Waals surface area contributed by atoms with Crippen molar-refractivity contribution in [1.82, 2.24) is 5.32 Å². The van der Waals surface area contributed by atoms with Crippen molar-refractivity contribution in [3.63, 3.8) is 0 Å². The van der Waals surface area contributed by atoms with Gasteiger partial charge in [-0.15, -0.1) is 0 Å². The van der Waals surface area contributed by atoms with E-state index in [1.807, 2.05) is 24.3 Å². The highest BCUT2D eigenvalue weighted by Crippen LogP contribution is 2.55. The number of nitro groups is 1. The second-order valence-electron chi connectivity index (χ2n) is 6.57. The summed E-state index contributed by atoms with van der Waals surface area (Å²) in [6.07, 6.45) is 1.75. The number of hydrogen-bond acceptors (Lipinski definition) is 4. The molecule has 0 radical (unpaired) electrons. The van der Waals surface area contributed by atoms with Crippen molar-refractivity contribution in [2.75, 3.05) is 0 Å². The number of benzene rings is 3. The van der Waals surface area contributed by atoms with Gasteiger partial charge in [-0.05, 0) is 39.9 Å². The summed E-state index contributed by atoms with van der Waals surface area (Å²) >= 11 is 0. The maximum atomic E-state index is 11.0. The number of rotatable bonds is 2. The highest BCUT2D eigenvalue weighted by atomic mass is 16.6. The topological polar surface area (TPSA) is 67.5 Å². The molecule has 1 atom stereocenters. The third-order valence-electron chi connectivity index (χ3n) is 5.34. The van der Waals surface area contributed by atoms with Crippen LogP contribution in [0.5, 0.6) is 0 Å². The van der Waals surface area contributed by atoms with E-state index in [1.54, 1.807) is 30.6 Å². The smallest absolute Gasteiger partial charge is 0.269 e. The van der Waals surface area contributed by atoms with Gasteiger partial charge >= 0.3 is 0 Å². The molecule has 5 heteroatoms. The zero-order valence-corrected chi connectivity index (χ0v) is 13.8. The third kappa shape index (κ3) is 1.82. The Morgan fingerprint density at radius 3 is 2.04 bits per heavy atom. The molecule has 26 heavy (non-hydrogen) atoms. The molecule has 1 aliphatic heterocycles. The molecule has 3 aromatic rings. The molecule has 0 bridgehead atoms. The van der Waals surface area contributed by atoms with Crippen LogP contribution in [0.1, 0.15) is 22.7 Å². The molecule has 1 aliphatic carbocycles. The first kappa shape index (κ1) is 14.8. The number of nitro benzene ring substituents is 1. The lowest BCUT2D eigenvalue weighted by Crippen LogP contribution is -2.41. The number of non-ortho nitro benzene ring substituents is 1. The number of hydrogen-bond donors (Lipinski definition) is 1. The second-order valence-corrected chi connectivity index (χ2v) is 6.57. The van der Waals surface area contributed by atoms with Gasteiger partial charge in [0.05, 0.1) is 11.3 Å². The van der Waals surface area contributed by atoms with Crippen LogP contribution in [0.25, 0.3) is 11.1 Å². The molecule has 1 spiro atoms. The van der Waals surface area contributed by atoms with Crippen molar-refractivity contribution >= 4 is 12.0 Å². The minimum absolute atomic E-state index is 0.0879. The predicted octanol–water partition coefficient (Wildman–Crippen LogP) is 4.19. The summed E-state index contributed by atoms with van der Waals surface area (Å²) in [5.41, 5.74) is 5.32. The molecule has 5 rings (SSSR count). The molecule has 2 aliphatic rings. The minimum Gasteiger partial charge on any atom is -0.361 e. The summed E-state index contributed by atoms with van der Waals surface area (Å²) < 4.78 is 0. The van der Waals surface area contributed by atoms with Crippen molar-refractivity contribution in [2.24, 2.45) is 4.99 Å². The molecule has 0 aromatic heterocycles. The summed E-state index contributed by atoms with van der Waals surface area (Å²) in [5, 5.41) is 14.5. The van der Waals surface area contributed by atoms with Crippen LogP contribution in [0.3, 0.4) is 0 Å². The maximum Gasteiger partial charge on any atom is 0.269 e. The first-order valence-electron chi connectivity index (χ1n) is 8.45. The zero-order chi connectivity index (χ0) is 17.7. The molecule has 0 saturated carbocycles. The zero-order valence-electron chi connectivity index (χ0n) is 13.8. The Labute approximate surface area is 150 Å². The van der Waals surface area contributed by atoms with Crippen LogP contribution < -0.4 is 5.32 Å². The Balaban J connectivity index is 1.72. The van der Waals surface area contributed by atoms with Crippen molar-refractivity contribution in [3.05, 3.63) is 99.6 Å². The van der Waals surface area contributed by atoms with Gasteiger partial charge < -0.3 is 5.32 Å². The normalized spacial score (nSPS) is 18.4. The van der Waals surface area contributed by atoms with Crippen molar-refractivity contribution in [3.8, 4) is 11.1 Å². The lowest BCUT2D eigenvalue weighted by molar-refractivity contribution is -0.384. The summed E-state index contributed by atoms with van der Waals surface area (Å²) in [6, 6.07) is 23.2. The molecule has 3 aromatic carbocycles. The number of nitrogens with one attached hydrogen (secondary N) is 1. The van der Waals surface area contributed by atoms with Gasteiger partial charge in [0, 0.05) is 12.1 Å². The van der Waals surface area contributed by atoms with Crippen molar-refractivity contribution in [2.45, 2.75) is 11.6 Å². The van der Waals surface area contributed by atoms with E-state index in [0.29, 0.717) is 0 Å². The van der Waals surface area contributed by atoms with Crippen molar-refractivity contribution < 1.29 is 4.92 Å². The monoisotopic (exact) mass is 341 g/mol. The van der Waals surface area contributed by atoms with E-state index in [-0.39, 0.29) is 16.7 Å². The fourth-order valence-electron chi connectivity index (χ4n) is 4.24. The SMILES string of the molecule is O=[N+]([O-])c1ccc([C@@H]2N=CNC23c2ccccc2-c2ccccc23)cc1. The molecule has 0 fully saturated rings. The summed E-state index contributed by atoms with van der Waals surface area (Å²) in [5.74, 6) is 0. The van der Waals surface area contributed by atoms with E-state index in [9.17, 15) is 10.1 Å². The molecular weight excluding hydrogens is 326 g/mol.